The first-order valence-corrected chi connectivity index (χ1v) is 17.3. The van der Waals surface area contributed by atoms with Gasteiger partial charge in [-0.15, -0.1) is 0 Å². The number of esters is 1. The third kappa shape index (κ3) is 11.7. The van der Waals surface area contributed by atoms with Gasteiger partial charge in [0.15, 0.2) is 0 Å². The molecule has 0 radical (unpaired) electrons. The molecule has 2 saturated carbocycles. The summed E-state index contributed by atoms with van der Waals surface area (Å²) in [6, 6.07) is 7.36. The maximum atomic E-state index is 12.5. The first-order chi connectivity index (χ1) is 22.4. The van der Waals surface area contributed by atoms with Crippen molar-refractivity contribution in [2.45, 2.75) is 116 Å². The number of alkyl carbamates (subject to hydrolysis) is 1. The fourth-order valence-corrected chi connectivity index (χ4v) is 6.65. The van der Waals surface area contributed by atoms with Gasteiger partial charge in [0.1, 0.15) is 18.3 Å². The van der Waals surface area contributed by atoms with Crippen molar-refractivity contribution in [1.29, 1.82) is 0 Å². The third-order valence-corrected chi connectivity index (χ3v) is 9.14. The van der Waals surface area contributed by atoms with Gasteiger partial charge in [0.2, 0.25) is 5.91 Å². The number of unbranched alkanes of at least 4 members (excludes halogenated alkanes) is 2. The Morgan fingerprint density at radius 2 is 1.59 bits per heavy atom. The number of para-hydroxylation sites is 1. The molecule has 46 heavy (non-hydrogen) atoms. The molecule has 2 aliphatic carbocycles. The number of ether oxygens (including phenoxy) is 3. The molecule has 10 heteroatoms. The van der Waals surface area contributed by atoms with Crippen molar-refractivity contribution in [2.75, 3.05) is 33.9 Å². The standard InChI is InChI=1S/C21H29NO2.C10H16N2O5.C5H10/c1-2-24-20-17-13-8-9-15-19(17)22-21(23)18(20)14-5-3-4-10-16-11-6-7-12-16;1-16-9(14)7-4-3-5-12(7)8(13)6-11-10(15)17-2;1-2-4-5-3-1/h8-9,13,15-16H,2-7,10-12,14H2,1H3,(H,22,23);7H,3-6H2,1-2H3,(H,11,15);1-5H2. The Labute approximate surface area is 273 Å². The fourth-order valence-electron chi connectivity index (χ4n) is 6.65. The van der Waals surface area contributed by atoms with Gasteiger partial charge in [-0.3, -0.25) is 9.59 Å². The van der Waals surface area contributed by atoms with Crippen molar-refractivity contribution in [1.82, 2.24) is 15.2 Å². The number of likely N-dealkylation sites (tertiary alicyclic amines) is 1. The van der Waals surface area contributed by atoms with E-state index in [9.17, 15) is 19.2 Å². The van der Waals surface area contributed by atoms with Gasteiger partial charge >= 0.3 is 12.1 Å². The lowest BCUT2D eigenvalue weighted by Crippen LogP contribution is -2.45. The van der Waals surface area contributed by atoms with Gasteiger partial charge in [0.25, 0.3) is 5.56 Å². The van der Waals surface area contributed by atoms with Gasteiger partial charge in [-0.2, -0.15) is 0 Å². The average molecular weight is 642 g/mol. The minimum absolute atomic E-state index is 0.00735. The molecule has 2 N–H and O–H groups in total. The first-order valence-electron chi connectivity index (χ1n) is 17.3. The molecule has 3 fully saturated rings. The Bertz CT molecular complexity index is 1280. The van der Waals surface area contributed by atoms with E-state index < -0.39 is 18.1 Å². The van der Waals surface area contributed by atoms with Crippen LogP contribution in [0.15, 0.2) is 29.1 Å². The van der Waals surface area contributed by atoms with Gasteiger partial charge in [-0.05, 0) is 50.7 Å². The lowest BCUT2D eigenvalue weighted by atomic mass is 9.98. The molecule has 256 valence electrons. The maximum absolute atomic E-state index is 12.5. The van der Waals surface area contributed by atoms with Crippen LogP contribution >= 0.6 is 0 Å². The Hall–Kier alpha value is -3.56. The molecule has 1 saturated heterocycles. The summed E-state index contributed by atoms with van der Waals surface area (Å²) in [5.74, 6) is 1.01. The number of methoxy groups -OCH3 is 2. The largest absolute Gasteiger partial charge is 0.493 e. The Kier molecular flexibility index (Phi) is 16.5. The molecule has 3 aliphatic rings. The summed E-state index contributed by atoms with van der Waals surface area (Å²) in [6.45, 7) is 2.88. The summed E-state index contributed by atoms with van der Waals surface area (Å²) in [5.41, 5.74) is 1.68. The summed E-state index contributed by atoms with van der Waals surface area (Å²) in [7, 11) is 2.50. The molecule has 2 amide bonds. The smallest absolute Gasteiger partial charge is 0.407 e. The maximum Gasteiger partial charge on any atom is 0.407 e. The van der Waals surface area contributed by atoms with Crippen LogP contribution in [-0.2, 0) is 25.5 Å². The number of carbonyl (C=O) groups excluding carboxylic acids is 3. The van der Waals surface area contributed by atoms with Crippen molar-refractivity contribution in [3.63, 3.8) is 0 Å². The number of nitrogens with zero attached hydrogens (tertiary/aromatic N) is 1. The number of pyridine rings is 1. The molecule has 1 aromatic carbocycles. The van der Waals surface area contributed by atoms with Crippen LogP contribution in [0.25, 0.3) is 10.9 Å². The number of rotatable bonds is 11. The minimum Gasteiger partial charge on any atom is -0.493 e. The molecular formula is C36H55N3O7. The Morgan fingerprint density at radius 3 is 2.24 bits per heavy atom. The van der Waals surface area contributed by atoms with Crippen LogP contribution in [0.5, 0.6) is 5.75 Å². The highest BCUT2D eigenvalue weighted by Gasteiger charge is 2.34. The summed E-state index contributed by atoms with van der Waals surface area (Å²) >= 11 is 0. The topological polar surface area (TPSA) is 127 Å². The number of H-pyrrole nitrogens is 1. The van der Waals surface area contributed by atoms with Crippen LogP contribution in [0.4, 0.5) is 4.79 Å². The number of nitrogens with one attached hydrogen (secondary N) is 2. The zero-order valence-corrected chi connectivity index (χ0v) is 28.2. The number of aromatic amines is 1. The van der Waals surface area contributed by atoms with E-state index in [0.29, 0.717) is 19.6 Å². The molecule has 10 nitrogen and oxygen atoms in total. The summed E-state index contributed by atoms with van der Waals surface area (Å²) in [5, 5.41) is 3.30. The molecular weight excluding hydrogens is 586 g/mol. The molecule has 2 aromatic rings. The van der Waals surface area contributed by atoms with Crippen LogP contribution in [0.1, 0.15) is 109 Å². The zero-order chi connectivity index (χ0) is 33.1. The predicted molar refractivity (Wildman–Crippen MR) is 180 cm³/mol. The highest BCUT2D eigenvalue weighted by molar-refractivity contribution is 5.88. The summed E-state index contributed by atoms with van der Waals surface area (Å²) < 4.78 is 14.8. The van der Waals surface area contributed by atoms with E-state index in [1.54, 1.807) is 0 Å². The first kappa shape index (κ1) is 36.9. The second-order valence-electron chi connectivity index (χ2n) is 12.4. The summed E-state index contributed by atoms with van der Waals surface area (Å²) in [6.07, 6.45) is 19.6. The third-order valence-electron chi connectivity index (χ3n) is 9.14. The Morgan fingerprint density at radius 1 is 0.891 bits per heavy atom. The van der Waals surface area contributed by atoms with Crippen molar-refractivity contribution in [3.8, 4) is 5.75 Å². The van der Waals surface area contributed by atoms with Gasteiger partial charge < -0.3 is 29.4 Å². The Balaban J connectivity index is 0.000000227. The van der Waals surface area contributed by atoms with Gasteiger partial charge in [-0.1, -0.05) is 89.2 Å². The van der Waals surface area contributed by atoms with E-state index in [1.165, 1.54) is 96.2 Å². The van der Waals surface area contributed by atoms with E-state index in [0.717, 1.165) is 47.4 Å². The number of benzene rings is 1. The molecule has 1 aliphatic heterocycles. The quantitative estimate of drug-likeness (QED) is 0.207. The van der Waals surface area contributed by atoms with E-state index in [4.69, 9.17) is 4.74 Å². The van der Waals surface area contributed by atoms with E-state index in [-0.39, 0.29) is 18.0 Å². The van der Waals surface area contributed by atoms with Crippen molar-refractivity contribution in [2.24, 2.45) is 5.92 Å². The molecule has 1 atom stereocenters. The number of aromatic nitrogens is 1. The monoisotopic (exact) mass is 641 g/mol. The van der Waals surface area contributed by atoms with Crippen molar-refractivity contribution in [3.05, 3.63) is 40.2 Å². The van der Waals surface area contributed by atoms with Crippen LogP contribution in [0, 0.1) is 5.92 Å². The number of hydrogen-bond acceptors (Lipinski definition) is 7. The SMILES string of the molecule is C1CCCC1.CCOc1c(CCCCCC2CCCC2)c(=O)[nH]c2ccccc12.COC(=O)NCC(=O)N1CCCC1C(=O)OC. The normalized spacial score (nSPS) is 17.5. The average Bonchev–Trinajstić information content (AvgIpc) is 3.89. The van der Waals surface area contributed by atoms with Gasteiger partial charge in [0.05, 0.1) is 31.9 Å². The van der Waals surface area contributed by atoms with Gasteiger partial charge in [-0.25, -0.2) is 9.59 Å². The molecule has 2 heterocycles. The number of carbonyl (C=O) groups is 3. The van der Waals surface area contributed by atoms with Crippen LogP contribution < -0.4 is 15.6 Å². The number of fused-ring (bicyclic) bond motifs is 1. The van der Waals surface area contributed by atoms with E-state index in [2.05, 4.69) is 19.8 Å². The molecule has 0 spiro atoms. The lowest BCUT2D eigenvalue weighted by molar-refractivity contribution is -0.150. The number of amides is 2. The van der Waals surface area contributed by atoms with E-state index in [1.807, 2.05) is 31.2 Å². The molecule has 1 aromatic heterocycles. The van der Waals surface area contributed by atoms with Gasteiger partial charge in [0, 0.05) is 11.9 Å². The lowest BCUT2D eigenvalue weighted by Gasteiger charge is -2.22. The van der Waals surface area contributed by atoms with Crippen molar-refractivity contribution < 1.29 is 28.6 Å². The van der Waals surface area contributed by atoms with E-state index >= 15 is 0 Å². The van der Waals surface area contributed by atoms with Crippen molar-refractivity contribution >= 4 is 28.9 Å². The second kappa shape index (κ2) is 20.5. The highest BCUT2D eigenvalue weighted by Crippen LogP contribution is 2.30. The second-order valence-corrected chi connectivity index (χ2v) is 12.4. The molecule has 0 bridgehead atoms. The summed E-state index contributed by atoms with van der Waals surface area (Å²) in [4.78, 5) is 50.8. The van der Waals surface area contributed by atoms with Crippen LogP contribution in [0.3, 0.4) is 0 Å². The highest BCUT2D eigenvalue weighted by atomic mass is 16.5. The molecule has 5 rings (SSSR count). The zero-order valence-electron chi connectivity index (χ0n) is 28.2. The van der Waals surface area contributed by atoms with Crippen LogP contribution in [0.2, 0.25) is 0 Å². The molecule has 1 unspecified atom stereocenters. The van der Waals surface area contributed by atoms with Crippen LogP contribution in [-0.4, -0.2) is 67.8 Å². The minimum atomic E-state index is -0.674. The predicted octanol–water partition coefficient (Wildman–Crippen LogP) is 6.68. The number of hydrogen-bond donors (Lipinski definition) is 2. The fraction of sp³-hybridized carbons (Fsp3) is 0.667.